The molecule has 2 aromatic rings. The molecule has 0 heterocycles. The van der Waals surface area contributed by atoms with Gasteiger partial charge in [0, 0.05) is 16.5 Å². The van der Waals surface area contributed by atoms with Crippen LogP contribution in [0.4, 0.5) is 0 Å². The molecular formula is C22H25NS. The zero-order valence-corrected chi connectivity index (χ0v) is 15.1. The second-order valence-electron chi connectivity index (χ2n) is 6.60. The Morgan fingerprint density at radius 2 is 1.92 bits per heavy atom. The molecule has 3 rings (SSSR count). The van der Waals surface area contributed by atoms with Gasteiger partial charge in [0.15, 0.2) is 0 Å². The highest BCUT2D eigenvalue weighted by molar-refractivity contribution is 7.97. The van der Waals surface area contributed by atoms with Crippen molar-refractivity contribution in [2.24, 2.45) is 11.8 Å². The lowest BCUT2D eigenvalue weighted by molar-refractivity contribution is 0.886. The summed E-state index contributed by atoms with van der Waals surface area (Å²) >= 11 is 1.65. The molecule has 1 aliphatic carbocycles. The van der Waals surface area contributed by atoms with Crippen molar-refractivity contribution < 1.29 is 0 Å². The van der Waals surface area contributed by atoms with Crippen molar-refractivity contribution in [2.75, 3.05) is 0 Å². The smallest absolute Gasteiger partial charge is 0.0284 e. The van der Waals surface area contributed by atoms with Crippen LogP contribution in [-0.4, -0.2) is 0 Å². The number of benzene rings is 2. The first-order valence-electron chi connectivity index (χ1n) is 8.54. The first-order chi connectivity index (χ1) is 11.7. The third-order valence-electron chi connectivity index (χ3n) is 4.60. The fourth-order valence-corrected chi connectivity index (χ4v) is 3.63. The second-order valence-corrected chi connectivity index (χ2v) is 7.48. The highest BCUT2D eigenvalue weighted by Gasteiger charge is 2.36. The maximum absolute atomic E-state index is 4.14. The molecule has 0 aromatic heterocycles. The molecule has 2 aromatic carbocycles. The number of nitrogens with one attached hydrogen (secondary N) is 1. The molecule has 1 nitrogen and oxygen atoms in total. The number of hydrogen-bond acceptors (Lipinski definition) is 2. The van der Waals surface area contributed by atoms with Crippen LogP contribution in [0.1, 0.15) is 23.1 Å². The van der Waals surface area contributed by atoms with E-state index in [9.17, 15) is 0 Å². The van der Waals surface area contributed by atoms with Gasteiger partial charge in [0.05, 0.1) is 0 Å². The van der Waals surface area contributed by atoms with Crippen LogP contribution in [0.2, 0.25) is 0 Å². The molecule has 0 amide bonds. The van der Waals surface area contributed by atoms with Gasteiger partial charge in [-0.15, -0.1) is 6.58 Å². The summed E-state index contributed by atoms with van der Waals surface area (Å²) in [5.41, 5.74) is 5.24. The van der Waals surface area contributed by atoms with Crippen LogP contribution in [0, 0.1) is 18.8 Å². The van der Waals surface area contributed by atoms with E-state index in [-0.39, 0.29) is 0 Å². The van der Waals surface area contributed by atoms with Gasteiger partial charge in [0.25, 0.3) is 0 Å². The molecule has 0 saturated heterocycles. The van der Waals surface area contributed by atoms with E-state index in [1.54, 1.807) is 11.9 Å². The Morgan fingerprint density at radius 3 is 2.58 bits per heavy atom. The van der Waals surface area contributed by atoms with Crippen LogP contribution in [0.3, 0.4) is 0 Å². The Hall–Kier alpha value is -1.93. The topological polar surface area (TPSA) is 12.0 Å². The molecule has 0 aliphatic heterocycles. The Balaban J connectivity index is 1.46. The standard InChI is InChI=1S/C22H25NS/c1-4-20-15-22(20)17(3)23-24-21-12-10-18(11-13-21)8-9-19-7-5-6-16(2)14-19/h4-7,10-14,20,22-23H,1,3,8-9,15H2,2H3. The van der Waals surface area contributed by atoms with Gasteiger partial charge in [0.2, 0.25) is 0 Å². The number of rotatable bonds is 8. The molecule has 2 atom stereocenters. The minimum absolute atomic E-state index is 0.573. The normalized spacial score (nSPS) is 18.9. The molecular weight excluding hydrogens is 310 g/mol. The summed E-state index contributed by atoms with van der Waals surface area (Å²) in [6, 6.07) is 17.6. The number of allylic oxidation sites excluding steroid dienone is 2. The molecule has 124 valence electrons. The second kappa shape index (κ2) is 7.76. The van der Waals surface area contributed by atoms with Crippen LogP contribution >= 0.6 is 11.9 Å². The fraction of sp³-hybridized carbons (Fsp3) is 0.273. The molecule has 2 unspecified atom stereocenters. The lowest BCUT2D eigenvalue weighted by Gasteiger charge is -2.09. The maximum Gasteiger partial charge on any atom is 0.0284 e. The van der Waals surface area contributed by atoms with Crippen molar-refractivity contribution in [1.82, 2.24) is 4.72 Å². The van der Waals surface area contributed by atoms with Crippen LogP contribution in [-0.2, 0) is 12.8 Å². The van der Waals surface area contributed by atoms with Gasteiger partial charge >= 0.3 is 0 Å². The quantitative estimate of drug-likeness (QED) is 0.489. The molecule has 0 bridgehead atoms. The first kappa shape index (κ1) is 16.9. The molecule has 1 aliphatic rings. The third-order valence-corrected chi connectivity index (χ3v) is 5.47. The van der Waals surface area contributed by atoms with Crippen LogP contribution in [0.5, 0.6) is 0 Å². The average molecular weight is 336 g/mol. The monoisotopic (exact) mass is 335 g/mol. The molecule has 0 spiro atoms. The molecule has 2 heteroatoms. The fourth-order valence-electron chi connectivity index (χ4n) is 2.96. The van der Waals surface area contributed by atoms with Gasteiger partial charge in [-0.1, -0.05) is 54.6 Å². The van der Waals surface area contributed by atoms with E-state index in [0.717, 1.165) is 18.5 Å². The summed E-state index contributed by atoms with van der Waals surface area (Å²) < 4.78 is 3.38. The number of hydrogen-bond donors (Lipinski definition) is 1. The van der Waals surface area contributed by atoms with Crippen molar-refractivity contribution in [1.29, 1.82) is 0 Å². The van der Waals surface area contributed by atoms with Gasteiger partial charge in [-0.3, -0.25) is 0 Å². The van der Waals surface area contributed by atoms with Crippen LogP contribution in [0.15, 0.2) is 78.4 Å². The van der Waals surface area contributed by atoms with E-state index in [4.69, 9.17) is 0 Å². The van der Waals surface area contributed by atoms with Crippen molar-refractivity contribution in [3.8, 4) is 0 Å². The summed E-state index contributed by atoms with van der Waals surface area (Å²) in [6.07, 6.45) is 5.39. The largest absolute Gasteiger partial charge is 0.330 e. The van der Waals surface area contributed by atoms with Crippen molar-refractivity contribution in [2.45, 2.75) is 31.1 Å². The molecule has 24 heavy (non-hydrogen) atoms. The Bertz CT molecular complexity index is 717. The zero-order valence-electron chi connectivity index (χ0n) is 14.3. The van der Waals surface area contributed by atoms with E-state index in [2.05, 4.69) is 73.3 Å². The van der Waals surface area contributed by atoms with Gasteiger partial charge < -0.3 is 4.72 Å². The Labute approximate surface area is 150 Å². The van der Waals surface area contributed by atoms with Crippen molar-refractivity contribution in [3.05, 3.63) is 90.2 Å². The van der Waals surface area contributed by atoms with E-state index < -0.39 is 0 Å². The summed E-state index contributed by atoms with van der Waals surface area (Å²) in [4.78, 5) is 1.23. The van der Waals surface area contributed by atoms with Gasteiger partial charge in [-0.25, -0.2) is 0 Å². The molecule has 1 N–H and O–H groups in total. The third kappa shape index (κ3) is 4.55. The summed E-state index contributed by atoms with van der Waals surface area (Å²) in [5.74, 6) is 1.19. The minimum Gasteiger partial charge on any atom is -0.330 e. The zero-order chi connectivity index (χ0) is 16.9. The predicted molar refractivity (Wildman–Crippen MR) is 105 cm³/mol. The van der Waals surface area contributed by atoms with Crippen molar-refractivity contribution in [3.63, 3.8) is 0 Å². The molecule has 1 saturated carbocycles. The SMILES string of the molecule is C=CC1CC1C(=C)NSc1ccc(CCc2cccc(C)c2)cc1. The van der Waals surface area contributed by atoms with E-state index in [1.165, 1.54) is 28.0 Å². The Morgan fingerprint density at radius 1 is 1.17 bits per heavy atom. The van der Waals surface area contributed by atoms with Gasteiger partial charge in [-0.2, -0.15) is 0 Å². The van der Waals surface area contributed by atoms with Crippen LogP contribution < -0.4 is 4.72 Å². The maximum atomic E-state index is 4.14. The summed E-state index contributed by atoms with van der Waals surface area (Å²) in [6.45, 7) is 10.1. The average Bonchev–Trinajstić information content (AvgIpc) is 3.39. The van der Waals surface area contributed by atoms with Crippen LogP contribution in [0.25, 0.3) is 0 Å². The van der Waals surface area contributed by atoms with E-state index >= 15 is 0 Å². The molecule has 0 radical (unpaired) electrons. The summed E-state index contributed by atoms with van der Waals surface area (Å²) in [5, 5.41) is 0. The summed E-state index contributed by atoms with van der Waals surface area (Å²) in [7, 11) is 0. The van der Waals surface area contributed by atoms with Gasteiger partial charge in [-0.05, 0) is 67.3 Å². The Kier molecular flexibility index (Phi) is 5.47. The van der Waals surface area contributed by atoms with Crippen molar-refractivity contribution >= 4 is 11.9 Å². The molecule has 1 fully saturated rings. The highest BCUT2D eigenvalue weighted by atomic mass is 32.2. The first-order valence-corrected chi connectivity index (χ1v) is 9.36. The lowest BCUT2D eigenvalue weighted by atomic mass is 10.0. The minimum atomic E-state index is 0.573. The van der Waals surface area contributed by atoms with E-state index in [0.29, 0.717) is 11.8 Å². The van der Waals surface area contributed by atoms with E-state index in [1.807, 2.05) is 6.08 Å². The number of aryl methyl sites for hydroxylation is 3. The highest BCUT2D eigenvalue weighted by Crippen LogP contribution is 2.43. The predicted octanol–water partition coefficient (Wildman–Crippen LogP) is 5.71. The van der Waals surface area contributed by atoms with Gasteiger partial charge in [0.1, 0.15) is 0 Å². The lowest BCUT2D eigenvalue weighted by Crippen LogP contribution is -2.04.